The van der Waals surface area contributed by atoms with Gasteiger partial charge in [-0.05, 0) is 60.7 Å². The molecule has 0 aliphatic rings. The minimum Gasteiger partial charge on any atom is -0.378 e. The van der Waals surface area contributed by atoms with Crippen LogP contribution in [-0.2, 0) is 17.4 Å². The number of carbonyl (C=O) groups is 1. The molecule has 3 aromatic rings. The van der Waals surface area contributed by atoms with Gasteiger partial charge in [0, 0.05) is 18.4 Å². The zero-order valence-corrected chi connectivity index (χ0v) is 17.2. The zero-order chi connectivity index (χ0) is 22.6. The van der Waals surface area contributed by atoms with Gasteiger partial charge in [-0.2, -0.15) is 13.2 Å². The molecule has 31 heavy (non-hydrogen) atoms. The van der Waals surface area contributed by atoms with Gasteiger partial charge >= 0.3 is 6.18 Å². The van der Waals surface area contributed by atoms with Gasteiger partial charge in [0.25, 0.3) is 5.91 Å². The third-order valence-corrected chi connectivity index (χ3v) is 5.16. The first kappa shape index (κ1) is 22.5. The quantitative estimate of drug-likeness (QED) is 0.599. The lowest BCUT2D eigenvalue weighted by Crippen LogP contribution is -2.37. The molecule has 1 amide bonds. The second-order valence-electron chi connectivity index (χ2n) is 7.37. The van der Waals surface area contributed by atoms with Crippen molar-refractivity contribution >= 4 is 11.6 Å². The summed E-state index contributed by atoms with van der Waals surface area (Å²) in [6, 6.07) is 16.4. The molecular formula is C24H23F3N2O2. The number of hydrogen-bond donors (Lipinski definition) is 1. The van der Waals surface area contributed by atoms with Crippen LogP contribution in [0.3, 0.4) is 0 Å². The van der Waals surface area contributed by atoms with Gasteiger partial charge in [-0.25, -0.2) is 0 Å². The molecule has 1 atom stereocenters. The van der Waals surface area contributed by atoms with Crippen LogP contribution >= 0.6 is 0 Å². The molecule has 7 heteroatoms. The van der Waals surface area contributed by atoms with Gasteiger partial charge < -0.3 is 10.0 Å². The van der Waals surface area contributed by atoms with Crippen LogP contribution in [0.2, 0.25) is 0 Å². The monoisotopic (exact) mass is 428 g/mol. The summed E-state index contributed by atoms with van der Waals surface area (Å²) in [5, 5.41) is 10.6. The average Bonchev–Trinajstić information content (AvgIpc) is 2.76. The number of benzene rings is 2. The second-order valence-corrected chi connectivity index (χ2v) is 7.37. The minimum atomic E-state index is -4.50. The summed E-state index contributed by atoms with van der Waals surface area (Å²) in [6.45, 7) is 4.06. The summed E-state index contributed by atoms with van der Waals surface area (Å²) >= 11 is 0. The minimum absolute atomic E-state index is 0.179. The van der Waals surface area contributed by atoms with Crippen LogP contribution in [0.5, 0.6) is 0 Å². The molecule has 0 aliphatic carbocycles. The van der Waals surface area contributed by atoms with E-state index >= 15 is 0 Å². The SMILES string of the molecule is Cc1ccc(N(CCc2ccc(C(F)(F)F)nc2)C(=O)[C@@H](O)c2ccccc2)cc1C. The first-order valence-corrected chi connectivity index (χ1v) is 9.80. The number of aryl methyl sites for hydroxylation is 2. The van der Waals surface area contributed by atoms with Crippen molar-refractivity contribution in [2.45, 2.75) is 32.5 Å². The van der Waals surface area contributed by atoms with Crippen LogP contribution in [0.4, 0.5) is 18.9 Å². The molecule has 0 unspecified atom stereocenters. The van der Waals surface area contributed by atoms with Gasteiger partial charge in [-0.1, -0.05) is 42.5 Å². The smallest absolute Gasteiger partial charge is 0.378 e. The summed E-state index contributed by atoms with van der Waals surface area (Å²) in [7, 11) is 0. The second kappa shape index (κ2) is 9.31. The normalized spacial score (nSPS) is 12.5. The summed E-state index contributed by atoms with van der Waals surface area (Å²) < 4.78 is 38.2. The Morgan fingerprint density at radius 3 is 2.32 bits per heavy atom. The van der Waals surface area contributed by atoms with Gasteiger partial charge in [0.2, 0.25) is 0 Å². The maximum absolute atomic E-state index is 13.2. The van der Waals surface area contributed by atoms with Crippen LogP contribution in [0.15, 0.2) is 66.9 Å². The number of hydrogen-bond acceptors (Lipinski definition) is 3. The molecule has 1 N–H and O–H groups in total. The number of rotatable bonds is 6. The molecule has 0 saturated carbocycles. The maximum atomic E-state index is 13.2. The number of aliphatic hydroxyl groups excluding tert-OH is 1. The van der Waals surface area contributed by atoms with Gasteiger partial charge in [-0.15, -0.1) is 0 Å². The molecule has 2 aromatic carbocycles. The van der Waals surface area contributed by atoms with E-state index in [-0.39, 0.29) is 13.0 Å². The van der Waals surface area contributed by atoms with Crippen molar-refractivity contribution < 1.29 is 23.1 Å². The average molecular weight is 428 g/mol. The van der Waals surface area contributed by atoms with Crippen LogP contribution in [0, 0.1) is 13.8 Å². The highest BCUT2D eigenvalue weighted by Gasteiger charge is 2.32. The molecular weight excluding hydrogens is 405 g/mol. The van der Waals surface area contributed by atoms with E-state index in [0.717, 1.165) is 17.2 Å². The highest BCUT2D eigenvalue weighted by atomic mass is 19.4. The largest absolute Gasteiger partial charge is 0.433 e. The van der Waals surface area contributed by atoms with Crippen molar-refractivity contribution in [2.75, 3.05) is 11.4 Å². The lowest BCUT2D eigenvalue weighted by atomic mass is 10.1. The van der Waals surface area contributed by atoms with Crippen molar-refractivity contribution in [3.63, 3.8) is 0 Å². The van der Waals surface area contributed by atoms with Gasteiger partial charge in [0.15, 0.2) is 6.10 Å². The van der Waals surface area contributed by atoms with E-state index in [1.807, 2.05) is 26.0 Å². The zero-order valence-electron chi connectivity index (χ0n) is 17.2. The summed E-state index contributed by atoms with van der Waals surface area (Å²) in [5.74, 6) is -0.505. The highest BCUT2D eigenvalue weighted by Crippen LogP contribution is 2.28. The van der Waals surface area contributed by atoms with E-state index in [1.54, 1.807) is 36.4 Å². The van der Waals surface area contributed by atoms with Crippen LogP contribution in [-0.4, -0.2) is 22.5 Å². The van der Waals surface area contributed by atoms with Crippen LogP contribution in [0.25, 0.3) is 0 Å². The fraction of sp³-hybridized carbons (Fsp3) is 0.250. The Bertz CT molecular complexity index is 1030. The summed E-state index contributed by atoms with van der Waals surface area (Å²) in [4.78, 5) is 18.1. The lowest BCUT2D eigenvalue weighted by Gasteiger charge is -2.26. The number of alkyl halides is 3. The van der Waals surface area contributed by atoms with E-state index in [0.29, 0.717) is 16.8 Å². The van der Waals surface area contributed by atoms with Gasteiger partial charge in [-0.3, -0.25) is 9.78 Å². The number of nitrogens with zero attached hydrogens (tertiary/aromatic N) is 2. The first-order chi connectivity index (χ1) is 14.7. The summed E-state index contributed by atoms with van der Waals surface area (Å²) in [6.07, 6.45) is -4.40. The number of anilines is 1. The van der Waals surface area contributed by atoms with Crippen molar-refractivity contribution in [3.8, 4) is 0 Å². The molecule has 3 rings (SSSR count). The molecule has 0 radical (unpaired) electrons. The van der Waals surface area contributed by atoms with E-state index < -0.39 is 23.9 Å². The molecule has 1 aromatic heterocycles. The molecule has 0 spiro atoms. The highest BCUT2D eigenvalue weighted by molar-refractivity contribution is 5.97. The third kappa shape index (κ3) is 5.49. The molecule has 4 nitrogen and oxygen atoms in total. The Hall–Kier alpha value is -3.19. The van der Waals surface area contributed by atoms with Crippen molar-refractivity contribution in [3.05, 3.63) is 94.8 Å². The Morgan fingerprint density at radius 1 is 1.03 bits per heavy atom. The number of aliphatic hydroxyl groups is 1. The number of pyridine rings is 1. The number of aromatic nitrogens is 1. The predicted octanol–water partition coefficient (Wildman–Crippen LogP) is 5.03. The molecule has 0 fully saturated rings. The van der Waals surface area contributed by atoms with Crippen LogP contribution < -0.4 is 4.90 Å². The van der Waals surface area contributed by atoms with E-state index in [9.17, 15) is 23.1 Å². The Labute approximate surface area is 179 Å². The number of carbonyl (C=O) groups excluding carboxylic acids is 1. The van der Waals surface area contributed by atoms with Crippen molar-refractivity contribution in [2.24, 2.45) is 0 Å². The molecule has 1 heterocycles. The maximum Gasteiger partial charge on any atom is 0.433 e. The van der Waals surface area contributed by atoms with Gasteiger partial charge in [0.1, 0.15) is 5.69 Å². The van der Waals surface area contributed by atoms with Gasteiger partial charge in [0.05, 0.1) is 0 Å². The molecule has 0 saturated heterocycles. The predicted molar refractivity (Wildman–Crippen MR) is 113 cm³/mol. The fourth-order valence-electron chi connectivity index (χ4n) is 3.17. The molecule has 0 bridgehead atoms. The Kier molecular flexibility index (Phi) is 6.75. The summed E-state index contributed by atoms with van der Waals surface area (Å²) in [5.41, 5.74) is 2.73. The Morgan fingerprint density at radius 2 is 1.74 bits per heavy atom. The third-order valence-electron chi connectivity index (χ3n) is 5.16. The first-order valence-electron chi connectivity index (χ1n) is 9.80. The van der Waals surface area contributed by atoms with E-state index in [4.69, 9.17) is 0 Å². The standard InChI is InChI=1S/C24H23F3N2O2/c1-16-8-10-20(14-17(16)2)29(23(31)22(30)19-6-4-3-5-7-19)13-12-18-9-11-21(28-15-18)24(25,26)27/h3-11,14-15,22,30H,12-13H2,1-2H3/t22-/m0/s1. The van der Waals surface area contributed by atoms with E-state index in [2.05, 4.69) is 4.98 Å². The number of halogens is 3. The van der Waals surface area contributed by atoms with E-state index in [1.165, 1.54) is 17.2 Å². The molecule has 0 aliphatic heterocycles. The van der Waals surface area contributed by atoms with Crippen molar-refractivity contribution in [1.29, 1.82) is 0 Å². The molecule has 162 valence electrons. The topological polar surface area (TPSA) is 53.4 Å². The lowest BCUT2D eigenvalue weighted by molar-refractivity contribution is -0.141. The van der Waals surface area contributed by atoms with Crippen LogP contribution in [0.1, 0.15) is 34.1 Å². The number of amides is 1. The Balaban J connectivity index is 1.85. The fourth-order valence-corrected chi connectivity index (χ4v) is 3.17. The van der Waals surface area contributed by atoms with Crippen molar-refractivity contribution in [1.82, 2.24) is 4.98 Å².